The van der Waals surface area contributed by atoms with E-state index in [1.165, 1.54) is 0 Å². The third-order valence-corrected chi connectivity index (χ3v) is 6.32. The Morgan fingerprint density at radius 3 is 2.39 bits per heavy atom. The first-order chi connectivity index (χ1) is 17.0. The normalized spacial score (nSPS) is 12.3. The van der Waals surface area contributed by atoms with Crippen LogP contribution in [0.3, 0.4) is 0 Å². The van der Waals surface area contributed by atoms with Crippen LogP contribution in [0.4, 0.5) is 4.79 Å². The van der Waals surface area contributed by atoms with Gasteiger partial charge in [-0.2, -0.15) is 11.8 Å². The van der Waals surface area contributed by atoms with E-state index < -0.39 is 29.3 Å². The minimum Gasteiger partial charge on any atom is -0.444 e. The molecule has 0 aliphatic rings. The van der Waals surface area contributed by atoms with Gasteiger partial charge in [-0.3, -0.25) is 0 Å². The molecule has 0 bridgehead atoms. The van der Waals surface area contributed by atoms with E-state index in [2.05, 4.69) is 5.32 Å². The van der Waals surface area contributed by atoms with Crippen LogP contribution in [0.1, 0.15) is 49.4 Å². The Bertz CT molecular complexity index is 1290. The van der Waals surface area contributed by atoms with Gasteiger partial charge in [-0.15, -0.1) is 0 Å². The largest absolute Gasteiger partial charge is 0.444 e. The molecule has 192 valence electrons. The fraction of sp³-hybridized carbons (Fsp3) is 0.393. The van der Waals surface area contributed by atoms with Crippen LogP contribution >= 0.6 is 11.8 Å². The van der Waals surface area contributed by atoms with Crippen molar-refractivity contribution in [3.05, 3.63) is 75.1 Å². The van der Waals surface area contributed by atoms with Crippen LogP contribution in [0.25, 0.3) is 11.0 Å². The molecule has 1 aromatic heterocycles. The summed E-state index contributed by atoms with van der Waals surface area (Å²) in [5.74, 6) is 0.299. The molecule has 1 heterocycles. The summed E-state index contributed by atoms with van der Waals surface area (Å²) in [6, 6.07) is 12.3. The van der Waals surface area contributed by atoms with Crippen molar-refractivity contribution in [2.75, 3.05) is 12.0 Å². The maximum atomic E-state index is 13.0. The van der Waals surface area contributed by atoms with Gasteiger partial charge in [0, 0.05) is 22.9 Å². The third kappa shape index (κ3) is 6.91. The van der Waals surface area contributed by atoms with Crippen LogP contribution < -0.4 is 15.7 Å². The van der Waals surface area contributed by atoms with Crippen molar-refractivity contribution in [1.29, 1.82) is 0 Å². The molecule has 0 saturated carbocycles. The van der Waals surface area contributed by atoms with Crippen LogP contribution in [0.15, 0.2) is 51.7 Å². The molecule has 2 aromatic carbocycles. The highest BCUT2D eigenvalue weighted by Gasteiger charge is 2.27. The van der Waals surface area contributed by atoms with Crippen LogP contribution in [0, 0.1) is 13.8 Å². The summed E-state index contributed by atoms with van der Waals surface area (Å²) in [6.07, 6.45) is 2.07. The van der Waals surface area contributed by atoms with Crippen molar-refractivity contribution in [2.24, 2.45) is 0 Å². The second-order valence-electron chi connectivity index (χ2n) is 9.62. The lowest BCUT2D eigenvalue weighted by Gasteiger charge is -2.23. The highest BCUT2D eigenvalue weighted by molar-refractivity contribution is 7.98. The molecule has 3 aromatic rings. The number of nitrogens with one attached hydrogen (secondary N) is 1. The summed E-state index contributed by atoms with van der Waals surface area (Å²) in [7, 11) is 0. The first-order valence-corrected chi connectivity index (χ1v) is 13.2. The molecule has 0 radical (unpaired) electrons. The van der Waals surface area contributed by atoms with E-state index >= 15 is 0 Å². The number of carbonyl (C=O) groups excluding carboxylic acids is 2. The molecule has 0 spiro atoms. The molecular weight excluding hydrogens is 478 g/mol. The lowest BCUT2D eigenvalue weighted by atomic mass is 9.98. The van der Waals surface area contributed by atoms with E-state index in [4.69, 9.17) is 13.9 Å². The Morgan fingerprint density at radius 1 is 1.06 bits per heavy atom. The maximum Gasteiger partial charge on any atom is 0.408 e. The van der Waals surface area contributed by atoms with Crippen molar-refractivity contribution in [1.82, 2.24) is 5.32 Å². The first-order valence-electron chi connectivity index (χ1n) is 11.8. The number of ether oxygens (including phenoxy) is 2. The number of aryl methyl sites for hydroxylation is 2. The number of thioether (sulfide) groups is 1. The molecule has 0 fully saturated rings. The summed E-state index contributed by atoms with van der Waals surface area (Å²) < 4.78 is 16.7. The van der Waals surface area contributed by atoms with E-state index in [9.17, 15) is 14.4 Å². The lowest BCUT2D eigenvalue weighted by molar-refractivity contribution is -0.136. The smallest absolute Gasteiger partial charge is 0.408 e. The van der Waals surface area contributed by atoms with Crippen molar-refractivity contribution >= 4 is 34.8 Å². The number of fused-ring (bicyclic) bond motifs is 1. The zero-order valence-corrected chi connectivity index (χ0v) is 22.4. The van der Waals surface area contributed by atoms with Gasteiger partial charge in [-0.05, 0) is 76.3 Å². The average Bonchev–Trinajstić information content (AvgIpc) is 2.81. The van der Waals surface area contributed by atoms with Gasteiger partial charge in [0.2, 0.25) is 0 Å². The number of alkyl carbamates (subject to hydrolysis) is 1. The Hall–Kier alpha value is -3.26. The standard InChI is InChI=1S/C28H33NO6S/c1-17-20-12-13-23(33-26(31)22(14-15-36-6)29-27(32)35-28(3,4)5)18(2)24(20)34-25(30)21(17)16-19-10-8-7-9-11-19/h7-13,22H,14-16H2,1-6H3,(H,29,32). The zero-order chi connectivity index (χ0) is 26.5. The summed E-state index contributed by atoms with van der Waals surface area (Å²) in [5, 5.41) is 3.39. The topological polar surface area (TPSA) is 94.8 Å². The number of esters is 1. The predicted molar refractivity (Wildman–Crippen MR) is 143 cm³/mol. The van der Waals surface area contributed by atoms with E-state index in [1.807, 2.05) is 43.5 Å². The molecule has 1 unspecified atom stereocenters. The van der Waals surface area contributed by atoms with Gasteiger partial charge in [0.1, 0.15) is 23.0 Å². The van der Waals surface area contributed by atoms with E-state index in [-0.39, 0.29) is 5.75 Å². The molecular formula is C28H33NO6S. The Kier molecular flexibility index (Phi) is 8.84. The monoisotopic (exact) mass is 511 g/mol. The fourth-order valence-electron chi connectivity index (χ4n) is 3.80. The molecule has 3 rings (SSSR count). The summed E-state index contributed by atoms with van der Waals surface area (Å²) >= 11 is 1.55. The Labute approximate surface area is 215 Å². The van der Waals surface area contributed by atoms with Crippen LogP contribution in [-0.4, -0.2) is 35.7 Å². The van der Waals surface area contributed by atoms with Gasteiger partial charge in [0.25, 0.3) is 0 Å². The average molecular weight is 512 g/mol. The SMILES string of the molecule is CSCCC(NC(=O)OC(C)(C)C)C(=O)Oc1ccc2c(C)c(Cc3ccccc3)c(=O)oc2c1C. The van der Waals surface area contributed by atoms with Gasteiger partial charge in [-0.1, -0.05) is 30.3 Å². The van der Waals surface area contributed by atoms with Crippen molar-refractivity contribution in [3.8, 4) is 5.75 Å². The van der Waals surface area contributed by atoms with Crippen LogP contribution in [0.5, 0.6) is 5.75 Å². The molecule has 0 aliphatic carbocycles. The molecule has 1 N–H and O–H groups in total. The van der Waals surface area contributed by atoms with Crippen molar-refractivity contribution < 1.29 is 23.5 Å². The highest BCUT2D eigenvalue weighted by atomic mass is 32.2. The minimum atomic E-state index is -0.885. The van der Waals surface area contributed by atoms with Gasteiger partial charge in [0.15, 0.2) is 0 Å². The van der Waals surface area contributed by atoms with Gasteiger partial charge >= 0.3 is 17.7 Å². The van der Waals surface area contributed by atoms with E-state index in [0.717, 1.165) is 16.5 Å². The summed E-state index contributed by atoms with van der Waals surface area (Å²) in [6.45, 7) is 8.89. The highest BCUT2D eigenvalue weighted by Crippen LogP contribution is 2.30. The molecule has 1 atom stereocenters. The molecule has 0 aliphatic heterocycles. The molecule has 1 amide bonds. The second kappa shape index (κ2) is 11.6. The molecule has 0 saturated heterocycles. The summed E-state index contributed by atoms with van der Waals surface area (Å²) in [5.41, 5.74) is 2.24. The number of rotatable bonds is 8. The van der Waals surface area contributed by atoms with E-state index in [0.29, 0.717) is 35.3 Å². The van der Waals surface area contributed by atoms with Crippen molar-refractivity contribution in [2.45, 2.75) is 59.1 Å². The molecule has 8 heteroatoms. The lowest BCUT2D eigenvalue weighted by Crippen LogP contribution is -2.45. The predicted octanol–water partition coefficient (Wildman–Crippen LogP) is 5.55. The number of carbonyl (C=O) groups is 2. The maximum absolute atomic E-state index is 13.0. The molecule has 36 heavy (non-hydrogen) atoms. The van der Waals surface area contributed by atoms with Crippen LogP contribution in [-0.2, 0) is 16.0 Å². The first kappa shape index (κ1) is 27.3. The summed E-state index contributed by atoms with van der Waals surface area (Å²) in [4.78, 5) is 38.1. The van der Waals surface area contributed by atoms with E-state index in [1.54, 1.807) is 51.6 Å². The number of amides is 1. The van der Waals surface area contributed by atoms with Gasteiger partial charge in [-0.25, -0.2) is 14.4 Å². The van der Waals surface area contributed by atoms with Gasteiger partial charge < -0.3 is 19.2 Å². The Morgan fingerprint density at radius 2 is 1.75 bits per heavy atom. The van der Waals surface area contributed by atoms with Crippen LogP contribution in [0.2, 0.25) is 0 Å². The number of benzene rings is 2. The fourth-order valence-corrected chi connectivity index (χ4v) is 4.27. The zero-order valence-electron chi connectivity index (χ0n) is 21.6. The Balaban J connectivity index is 1.87. The van der Waals surface area contributed by atoms with Gasteiger partial charge in [0.05, 0.1) is 0 Å². The third-order valence-electron chi connectivity index (χ3n) is 5.67. The quantitative estimate of drug-likeness (QED) is 0.241. The molecule has 7 nitrogen and oxygen atoms in total. The van der Waals surface area contributed by atoms with Crippen molar-refractivity contribution in [3.63, 3.8) is 0 Å². The minimum absolute atomic E-state index is 0.269. The number of hydrogen-bond acceptors (Lipinski definition) is 7. The second-order valence-corrected chi connectivity index (χ2v) is 10.6. The number of hydrogen-bond donors (Lipinski definition) is 1.